The molecular formula is C26H26N4O3. The number of anilines is 1. The standard InChI is InChI=1S/C26H26N4O3/c1-17-20(18(2)33-28-17)16-19-9-10-23(32-19)25(31)29-14-11-26(12-15-29)24-8-5-13-30(24)22-7-4-3-6-21(22)27-26/h3-10,13,27H,11-12,14-16H2,1-2H3. The SMILES string of the molecule is Cc1noc(C)c1Cc1ccc(C(=O)N2CCC3(CC2)Nc2ccccc2-n2cccc23)o1. The highest BCUT2D eigenvalue weighted by atomic mass is 16.5. The third kappa shape index (κ3) is 3.18. The van der Waals surface area contributed by atoms with Gasteiger partial charge in [0.15, 0.2) is 5.76 Å². The summed E-state index contributed by atoms with van der Waals surface area (Å²) in [5, 5.41) is 7.79. The van der Waals surface area contributed by atoms with Crippen molar-refractivity contribution in [2.75, 3.05) is 18.4 Å². The third-order valence-corrected chi connectivity index (χ3v) is 7.09. The van der Waals surface area contributed by atoms with Crippen LogP contribution in [0.25, 0.3) is 5.69 Å². The highest BCUT2D eigenvalue weighted by Crippen LogP contribution is 2.43. The maximum atomic E-state index is 13.2. The number of carbonyl (C=O) groups excluding carboxylic acids is 1. The van der Waals surface area contributed by atoms with E-state index in [2.05, 4.69) is 57.6 Å². The van der Waals surface area contributed by atoms with Gasteiger partial charge in [0.05, 0.1) is 22.6 Å². The number of aromatic nitrogens is 2. The van der Waals surface area contributed by atoms with Crippen LogP contribution in [0.15, 0.2) is 63.7 Å². The first-order chi connectivity index (χ1) is 16.0. The van der Waals surface area contributed by atoms with Crippen LogP contribution in [0.3, 0.4) is 0 Å². The van der Waals surface area contributed by atoms with E-state index >= 15 is 0 Å². The van der Waals surface area contributed by atoms with Crippen molar-refractivity contribution in [3.63, 3.8) is 0 Å². The molecule has 1 N–H and O–H groups in total. The summed E-state index contributed by atoms with van der Waals surface area (Å²) in [7, 11) is 0. The third-order valence-electron chi connectivity index (χ3n) is 7.09. The highest BCUT2D eigenvalue weighted by Gasteiger charge is 2.42. The number of aryl methyl sites for hydroxylation is 2. The van der Waals surface area contributed by atoms with Gasteiger partial charge in [0, 0.05) is 37.0 Å². The molecule has 1 amide bonds. The molecule has 168 valence electrons. The number of benzene rings is 1. The number of fused-ring (bicyclic) bond motifs is 4. The highest BCUT2D eigenvalue weighted by molar-refractivity contribution is 5.91. The minimum Gasteiger partial charge on any atom is -0.456 e. The summed E-state index contributed by atoms with van der Waals surface area (Å²) in [6, 6.07) is 16.3. The Balaban J connectivity index is 1.18. The molecule has 0 bridgehead atoms. The zero-order valence-electron chi connectivity index (χ0n) is 18.8. The van der Waals surface area contributed by atoms with Gasteiger partial charge in [-0.05, 0) is 63.1 Å². The molecule has 33 heavy (non-hydrogen) atoms. The predicted molar refractivity (Wildman–Crippen MR) is 124 cm³/mol. The van der Waals surface area contributed by atoms with Crippen LogP contribution < -0.4 is 5.32 Å². The second kappa shape index (κ2) is 7.40. The van der Waals surface area contributed by atoms with E-state index in [-0.39, 0.29) is 11.4 Å². The fraction of sp³-hybridized carbons (Fsp3) is 0.308. The molecule has 2 aliphatic heterocycles. The van der Waals surface area contributed by atoms with Crippen molar-refractivity contribution >= 4 is 11.6 Å². The van der Waals surface area contributed by atoms with Crippen LogP contribution in [0.2, 0.25) is 0 Å². The van der Waals surface area contributed by atoms with Crippen LogP contribution in [0, 0.1) is 13.8 Å². The summed E-state index contributed by atoms with van der Waals surface area (Å²) < 4.78 is 13.4. The van der Waals surface area contributed by atoms with Crippen molar-refractivity contribution in [1.82, 2.24) is 14.6 Å². The van der Waals surface area contributed by atoms with Gasteiger partial charge in [-0.1, -0.05) is 17.3 Å². The number of furan rings is 1. The van der Waals surface area contributed by atoms with Gasteiger partial charge in [-0.3, -0.25) is 4.79 Å². The average molecular weight is 443 g/mol. The largest absolute Gasteiger partial charge is 0.456 e. The van der Waals surface area contributed by atoms with Gasteiger partial charge < -0.3 is 23.7 Å². The first kappa shape index (κ1) is 19.9. The van der Waals surface area contributed by atoms with Gasteiger partial charge in [-0.15, -0.1) is 0 Å². The molecule has 5 heterocycles. The molecule has 1 saturated heterocycles. The molecule has 0 aliphatic carbocycles. The number of piperidine rings is 1. The maximum Gasteiger partial charge on any atom is 0.289 e. The summed E-state index contributed by atoms with van der Waals surface area (Å²) in [5.74, 6) is 1.86. The zero-order chi connectivity index (χ0) is 22.6. The van der Waals surface area contributed by atoms with Crippen LogP contribution in [0.1, 0.15) is 51.9 Å². The Morgan fingerprint density at radius 3 is 2.70 bits per heavy atom. The van der Waals surface area contributed by atoms with E-state index in [0.29, 0.717) is 25.3 Å². The number of carbonyl (C=O) groups is 1. The van der Waals surface area contributed by atoms with E-state index in [1.165, 1.54) is 11.4 Å². The minimum atomic E-state index is -0.174. The van der Waals surface area contributed by atoms with Crippen LogP contribution >= 0.6 is 0 Å². The van der Waals surface area contributed by atoms with E-state index in [4.69, 9.17) is 8.94 Å². The zero-order valence-corrected chi connectivity index (χ0v) is 18.8. The molecule has 7 heteroatoms. The molecule has 4 aromatic rings. The lowest BCUT2D eigenvalue weighted by Crippen LogP contribution is -2.51. The minimum absolute atomic E-state index is 0.0542. The number of nitrogens with zero attached hydrogens (tertiary/aromatic N) is 3. The van der Waals surface area contributed by atoms with Crippen LogP contribution in [-0.2, 0) is 12.0 Å². The first-order valence-electron chi connectivity index (χ1n) is 11.4. The second-order valence-corrected chi connectivity index (χ2v) is 9.03. The van der Waals surface area contributed by atoms with Crippen LogP contribution in [-0.4, -0.2) is 33.6 Å². The smallest absolute Gasteiger partial charge is 0.289 e. The molecule has 1 spiro atoms. The Morgan fingerprint density at radius 1 is 1.09 bits per heavy atom. The van der Waals surface area contributed by atoms with Crippen LogP contribution in [0.4, 0.5) is 5.69 Å². The Morgan fingerprint density at radius 2 is 1.91 bits per heavy atom. The van der Waals surface area contributed by atoms with E-state index in [1.54, 1.807) is 6.07 Å². The molecule has 0 saturated carbocycles. The summed E-state index contributed by atoms with van der Waals surface area (Å²) in [6.45, 7) is 5.14. The van der Waals surface area contributed by atoms with Crippen molar-refractivity contribution in [3.8, 4) is 5.69 Å². The lowest BCUT2D eigenvalue weighted by Gasteiger charge is -2.46. The van der Waals surface area contributed by atoms with Crippen molar-refractivity contribution < 1.29 is 13.7 Å². The summed E-state index contributed by atoms with van der Waals surface area (Å²) in [5.41, 5.74) is 5.25. The van der Waals surface area contributed by atoms with E-state index in [0.717, 1.165) is 41.3 Å². The molecule has 0 radical (unpaired) electrons. The molecule has 3 aromatic heterocycles. The number of hydrogen-bond acceptors (Lipinski definition) is 5. The maximum absolute atomic E-state index is 13.2. The van der Waals surface area contributed by atoms with Gasteiger partial charge in [-0.2, -0.15) is 0 Å². The molecular weight excluding hydrogens is 416 g/mol. The van der Waals surface area contributed by atoms with Gasteiger partial charge in [0.1, 0.15) is 11.5 Å². The van der Waals surface area contributed by atoms with Crippen LogP contribution in [0.5, 0.6) is 0 Å². The number of hydrogen-bond donors (Lipinski definition) is 1. The molecule has 2 aliphatic rings. The molecule has 7 nitrogen and oxygen atoms in total. The quantitative estimate of drug-likeness (QED) is 0.492. The van der Waals surface area contributed by atoms with E-state index < -0.39 is 0 Å². The summed E-state index contributed by atoms with van der Waals surface area (Å²) in [6.07, 6.45) is 4.36. The number of nitrogens with one attached hydrogen (secondary N) is 1. The molecule has 1 fully saturated rings. The fourth-order valence-corrected chi connectivity index (χ4v) is 5.24. The van der Waals surface area contributed by atoms with Crippen molar-refractivity contribution in [1.29, 1.82) is 0 Å². The lowest BCUT2D eigenvalue weighted by atomic mass is 9.82. The van der Waals surface area contributed by atoms with E-state index in [1.807, 2.05) is 24.8 Å². The van der Waals surface area contributed by atoms with Crippen molar-refractivity contribution in [2.24, 2.45) is 0 Å². The van der Waals surface area contributed by atoms with Gasteiger partial charge >= 0.3 is 0 Å². The number of para-hydroxylation sites is 2. The Hall–Kier alpha value is -3.74. The Bertz CT molecular complexity index is 1320. The Kier molecular flexibility index (Phi) is 4.47. The fourth-order valence-electron chi connectivity index (χ4n) is 5.24. The Labute approximate surface area is 192 Å². The van der Waals surface area contributed by atoms with Gasteiger partial charge in [-0.25, -0.2) is 0 Å². The van der Waals surface area contributed by atoms with Crippen molar-refractivity contribution in [2.45, 2.75) is 38.6 Å². The normalized spacial score (nSPS) is 16.4. The number of rotatable bonds is 3. The molecule has 0 unspecified atom stereocenters. The lowest BCUT2D eigenvalue weighted by molar-refractivity contribution is 0.0643. The van der Waals surface area contributed by atoms with Gasteiger partial charge in [0.2, 0.25) is 0 Å². The monoisotopic (exact) mass is 442 g/mol. The summed E-state index contributed by atoms with van der Waals surface area (Å²) in [4.78, 5) is 15.1. The number of amides is 1. The average Bonchev–Trinajstić information content (AvgIpc) is 3.57. The first-order valence-corrected chi connectivity index (χ1v) is 11.4. The second-order valence-electron chi connectivity index (χ2n) is 9.03. The number of likely N-dealkylation sites (tertiary alicyclic amines) is 1. The predicted octanol–water partition coefficient (Wildman–Crippen LogP) is 4.82. The molecule has 1 aromatic carbocycles. The van der Waals surface area contributed by atoms with Gasteiger partial charge in [0.25, 0.3) is 5.91 Å². The molecule has 0 atom stereocenters. The molecule has 6 rings (SSSR count). The summed E-state index contributed by atoms with van der Waals surface area (Å²) >= 11 is 0. The van der Waals surface area contributed by atoms with E-state index in [9.17, 15) is 4.79 Å². The van der Waals surface area contributed by atoms with Crippen molar-refractivity contribution in [3.05, 3.63) is 89.0 Å². The topological polar surface area (TPSA) is 76.4 Å².